The summed E-state index contributed by atoms with van der Waals surface area (Å²) in [4.78, 5) is 75.6. The summed E-state index contributed by atoms with van der Waals surface area (Å²) in [6.45, 7) is 0. The standard InChI is InChI=1S/C22H29N7O7S/c23-12(9-37)19(32)27-14(5-10-8-26-13-4-2-1-3-11(10)13)20(33)28-15(6-17(24)30)21(34)29-16(22(35)36)7-18(25)31/h1-4,8,12,14-16,26,37H,5-7,9,23H2,(H2,24,30)(H2,25,31)(H,27,32)(H,28,33)(H,29,34)(H,35,36). The number of nitrogens with one attached hydrogen (secondary N) is 4. The van der Waals surface area contributed by atoms with Crippen LogP contribution in [-0.2, 0) is 35.2 Å². The van der Waals surface area contributed by atoms with E-state index in [1.54, 1.807) is 12.3 Å². The molecule has 0 bridgehead atoms. The number of primary amides is 2. The Labute approximate surface area is 216 Å². The minimum Gasteiger partial charge on any atom is -0.480 e. The molecule has 0 saturated carbocycles. The molecular weight excluding hydrogens is 506 g/mol. The Morgan fingerprint density at radius 1 is 0.865 bits per heavy atom. The number of fused-ring (bicyclic) bond motifs is 1. The lowest BCUT2D eigenvalue weighted by Crippen LogP contribution is -2.58. The van der Waals surface area contributed by atoms with Gasteiger partial charge in [-0.25, -0.2) is 4.79 Å². The molecule has 0 fully saturated rings. The van der Waals surface area contributed by atoms with Crippen LogP contribution in [0, 0.1) is 0 Å². The van der Waals surface area contributed by atoms with Crippen molar-refractivity contribution in [2.24, 2.45) is 17.2 Å². The number of hydrogen-bond donors (Lipinski definition) is 9. The van der Waals surface area contributed by atoms with Gasteiger partial charge < -0.3 is 43.2 Å². The van der Waals surface area contributed by atoms with Gasteiger partial charge in [-0.1, -0.05) is 18.2 Å². The van der Waals surface area contributed by atoms with Crippen LogP contribution < -0.4 is 33.2 Å². The number of para-hydroxylation sites is 1. The van der Waals surface area contributed by atoms with Gasteiger partial charge in [0.25, 0.3) is 0 Å². The molecule has 0 radical (unpaired) electrons. The molecule has 1 heterocycles. The molecule has 0 aliphatic rings. The largest absolute Gasteiger partial charge is 0.480 e. The monoisotopic (exact) mass is 535 g/mol. The molecule has 5 amide bonds. The summed E-state index contributed by atoms with van der Waals surface area (Å²) in [6.07, 6.45) is 0.222. The fourth-order valence-electron chi connectivity index (χ4n) is 3.45. The van der Waals surface area contributed by atoms with Gasteiger partial charge in [0.15, 0.2) is 0 Å². The molecule has 0 aliphatic heterocycles. The highest BCUT2D eigenvalue weighted by atomic mass is 32.1. The number of carbonyl (C=O) groups excluding carboxylic acids is 5. The van der Waals surface area contributed by atoms with E-state index in [0.29, 0.717) is 5.56 Å². The first-order valence-electron chi connectivity index (χ1n) is 11.0. The number of benzene rings is 1. The molecule has 4 atom stereocenters. The average molecular weight is 536 g/mol. The predicted octanol–water partition coefficient (Wildman–Crippen LogP) is -2.74. The zero-order valence-electron chi connectivity index (χ0n) is 19.6. The Morgan fingerprint density at radius 3 is 2.00 bits per heavy atom. The lowest BCUT2D eigenvalue weighted by Gasteiger charge is -2.24. The summed E-state index contributed by atoms with van der Waals surface area (Å²) in [5.41, 5.74) is 17.4. The summed E-state index contributed by atoms with van der Waals surface area (Å²) < 4.78 is 0. The number of carboxylic acids is 1. The number of amides is 5. The van der Waals surface area contributed by atoms with Crippen LogP contribution in [0.5, 0.6) is 0 Å². The third kappa shape index (κ3) is 8.50. The second-order valence-corrected chi connectivity index (χ2v) is 8.58. The van der Waals surface area contributed by atoms with Gasteiger partial charge in [-0.3, -0.25) is 24.0 Å². The van der Waals surface area contributed by atoms with Gasteiger partial charge in [-0.15, -0.1) is 0 Å². The Hall–Kier alpha value is -4.11. The van der Waals surface area contributed by atoms with E-state index in [4.69, 9.17) is 17.2 Å². The molecule has 14 nitrogen and oxygen atoms in total. The lowest BCUT2D eigenvalue weighted by atomic mass is 10.0. The van der Waals surface area contributed by atoms with E-state index >= 15 is 0 Å². The number of aliphatic carboxylic acids is 1. The van der Waals surface area contributed by atoms with Crippen molar-refractivity contribution in [2.45, 2.75) is 43.4 Å². The normalized spacial score (nSPS) is 14.1. The number of carbonyl (C=O) groups is 6. The molecule has 15 heteroatoms. The van der Waals surface area contributed by atoms with Crippen molar-refractivity contribution in [3.05, 3.63) is 36.0 Å². The van der Waals surface area contributed by atoms with Gasteiger partial charge in [0.2, 0.25) is 29.5 Å². The van der Waals surface area contributed by atoms with E-state index in [0.717, 1.165) is 10.9 Å². The summed E-state index contributed by atoms with van der Waals surface area (Å²) in [5.74, 6) is -6.17. The molecule has 11 N–H and O–H groups in total. The Balaban J connectivity index is 2.30. The van der Waals surface area contributed by atoms with Crippen molar-refractivity contribution in [3.63, 3.8) is 0 Å². The minimum absolute atomic E-state index is 0.00357. The SMILES string of the molecule is NC(=O)CC(NC(=O)C(CC(N)=O)NC(=O)C(Cc1c[nH]c2ccccc12)NC(=O)C(N)CS)C(=O)O. The second kappa shape index (κ2) is 13.3. The van der Waals surface area contributed by atoms with Crippen LogP contribution in [0.3, 0.4) is 0 Å². The number of aromatic amines is 1. The molecule has 37 heavy (non-hydrogen) atoms. The van der Waals surface area contributed by atoms with Crippen molar-refractivity contribution in [1.29, 1.82) is 0 Å². The fourth-order valence-corrected chi connectivity index (χ4v) is 3.61. The van der Waals surface area contributed by atoms with Gasteiger partial charge in [0.05, 0.1) is 18.9 Å². The number of thiol groups is 1. The number of nitrogens with two attached hydrogens (primary N) is 3. The first-order chi connectivity index (χ1) is 17.4. The van der Waals surface area contributed by atoms with E-state index in [2.05, 4.69) is 33.6 Å². The molecule has 1 aromatic carbocycles. The van der Waals surface area contributed by atoms with Crippen molar-refractivity contribution < 1.29 is 33.9 Å². The summed E-state index contributed by atoms with van der Waals surface area (Å²) >= 11 is 3.98. The highest BCUT2D eigenvalue weighted by molar-refractivity contribution is 7.80. The number of hydrogen-bond acceptors (Lipinski definition) is 8. The molecular formula is C22H29N7O7S. The highest BCUT2D eigenvalue weighted by Gasteiger charge is 2.32. The first kappa shape index (κ1) is 29.1. The van der Waals surface area contributed by atoms with Crippen molar-refractivity contribution in [1.82, 2.24) is 20.9 Å². The van der Waals surface area contributed by atoms with Crippen LogP contribution in [0.1, 0.15) is 18.4 Å². The molecule has 200 valence electrons. The topological polar surface area (TPSA) is 253 Å². The number of carboxylic acid groups (broad SMARTS) is 1. The van der Waals surface area contributed by atoms with Crippen molar-refractivity contribution in [2.75, 3.05) is 5.75 Å². The zero-order valence-corrected chi connectivity index (χ0v) is 20.5. The smallest absolute Gasteiger partial charge is 0.326 e. The number of rotatable bonds is 14. The fraction of sp³-hybridized carbons (Fsp3) is 0.364. The number of H-pyrrole nitrogens is 1. The lowest BCUT2D eigenvalue weighted by molar-refractivity contribution is -0.144. The molecule has 0 spiro atoms. The van der Waals surface area contributed by atoms with Crippen LogP contribution >= 0.6 is 12.6 Å². The predicted molar refractivity (Wildman–Crippen MR) is 135 cm³/mol. The Kier molecular flexibility index (Phi) is 10.4. The summed E-state index contributed by atoms with van der Waals surface area (Å²) in [7, 11) is 0. The van der Waals surface area contributed by atoms with Crippen LogP contribution in [0.2, 0.25) is 0 Å². The summed E-state index contributed by atoms with van der Waals surface area (Å²) in [6, 6.07) is 1.65. The molecule has 0 saturated heterocycles. The average Bonchev–Trinajstić information content (AvgIpc) is 3.24. The van der Waals surface area contributed by atoms with E-state index < -0.39 is 72.5 Å². The van der Waals surface area contributed by atoms with Crippen LogP contribution in [-0.4, -0.2) is 75.5 Å². The third-order valence-electron chi connectivity index (χ3n) is 5.32. The van der Waals surface area contributed by atoms with Gasteiger partial charge in [-0.05, 0) is 11.6 Å². The van der Waals surface area contributed by atoms with Crippen LogP contribution in [0.25, 0.3) is 10.9 Å². The van der Waals surface area contributed by atoms with Crippen LogP contribution in [0.15, 0.2) is 30.5 Å². The van der Waals surface area contributed by atoms with Crippen molar-refractivity contribution >= 4 is 59.0 Å². The van der Waals surface area contributed by atoms with Gasteiger partial charge in [0.1, 0.15) is 18.1 Å². The van der Waals surface area contributed by atoms with E-state index in [-0.39, 0.29) is 12.2 Å². The van der Waals surface area contributed by atoms with E-state index in [1.165, 1.54) is 0 Å². The maximum atomic E-state index is 13.2. The Morgan fingerprint density at radius 2 is 1.41 bits per heavy atom. The summed E-state index contributed by atoms with van der Waals surface area (Å²) in [5, 5.41) is 16.9. The molecule has 1 aromatic heterocycles. The van der Waals surface area contributed by atoms with Crippen LogP contribution in [0.4, 0.5) is 0 Å². The highest BCUT2D eigenvalue weighted by Crippen LogP contribution is 2.19. The zero-order chi connectivity index (χ0) is 27.7. The minimum atomic E-state index is -1.70. The first-order valence-corrected chi connectivity index (χ1v) is 11.7. The third-order valence-corrected chi connectivity index (χ3v) is 5.72. The molecule has 0 aliphatic carbocycles. The molecule has 2 aromatic rings. The van der Waals surface area contributed by atoms with Gasteiger partial charge >= 0.3 is 5.97 Å². The van der Waals surface area contributed by atoms with Gasteiger partial charge in [-0.2, -0.15) is 12.6 Å². The van der Waals surface area contributed by atoms with Gasteiger partial charge in [0, 0.05) is 29.3 Å². The van der Waals surface area contributed by atoms with E-state index in [1.807, 2.05) is 18.2 Å². The Bertz CT molecular complexity index is 1190. The number of aromatic nitrogens is 1. The van der Waals surface area contributed by atoms with E-state index in [9.17, 15) is 33.9 Å². The van der Waals surface area contributed by atoms with Crippen molar-refractivity contribution in [3.8, 4) is 0 Å². The molecule has 4 unspecified atom stereocenters. The quantitative estimate of drug-likeness (QED) is 0.114. The maximum absolute atomic E-state index is 13.2. The second-order valence-electron chi connectivity index (χ2n) is 8.22. The molecule has 2 rings (SSSR count). The maximum Gasteiger partial charge on any atom is 0.326 e.